The molecule has 6 nitrogen and oxygen atoms in total. The third-order valence-electron chi connectivity index (χ3n) is 6.34. The number of nitrogens with zero attached hydrogens (tertiary/aromatic N) is 1. The van der Waals surface area contributed by atoms with Crippen LogP contribution in [0.4, 0.5) is 4.79 Å². The Hall–Kier alpha value is -1.56. The van der Waals surface area contributed by atoms with Crippen LogP contribution in [0.15, 0.2) is 16.8 Å². The number of carbonyl (C=O) groups is 1. The van der Waals surface area contributed by atoms with Gasteiger partial charge >= 0.3 is 6.09 Å². The summed E-state index contributed by atoms with van der Waals surface area (Å²) in [6.45, 7) is 10.3. The van der Waals surface area contributed by atoms with E-state index >= 15 is 0 Å². The fraction of sp³-hybridized carbons (Fsp3) is 0.833. The van der Waals surface area contributed by atoms with E-state index in [4.69, 9.17) is 19.2 Å². The molecule has 1 heterocycles. The van der Waals surface area contributed by atoms with Gasteiger partial charge in [0.25, 0.3) is 0 Å². The maximum atomic E-state index is 12.0. The van der Waals surface area contributed by atoms with Crippen LogP contribution in [0.3, 0.4) is 0 Å². The van der Waals surface area contributed by atoms with Crippen LogP contribution in [0.1, 0.15) is 86.0 Å². The van der Waals surface area contributed by atoms with E-state index in [9.17, 15) is 4.79 Å². The van der Waals surface area contributed by atoms with Crippen molar-refractivity contribution < 1.29 is 19.0 Å². The van der Waals surface area contributed by atoms with Gasteiger partial charge < -0.3 is 19.5 Å². The van der Waals surface area contributed by atoms with Gasteiger partial charge in [-0.3, -0.25) is 4.99 Å². The zero-order valence-electron chi connectivity index (χ0n) is 19.4. The van der Waals surface area contributed by atoms with Crippen LogP contribution in [0, 0.1) is 11.8 Å². The first-order chi connectivity index (χ1) is 14.2. The molecule has 2 aliphatic carbocycles. The van der Waals surface area contributed by atoms with Crippen molar-refractivity contribution in [2.45, 2.75) is 110 Å². The Balaban J connectivity index is 1.47. The molecule has 3 aliphatic rings. The maximum Gasteiger partial charge on any atom is 0.407 e. The van der Waals surface area contributed by atoms with Crippen molar-refractivity contribution in [3.8, 4) is 0 Å². The molecule has 0 aromatic carbocycles. The number of ether oxygens (including phenoxy) is 3. The lowest BCUT2D eigenvalue weighted by atomic mass is 9.76. The average Bonchev–Trinajstić information content (AvgIpc) is 2.67. The third-order valence-corrected chi connectivity index (χ3v) is 6.34. The predicted octanol–water partition coefficient (Wildman–Crippen LogP) is 5.37. The van der Waals surface area contributed by atoms with E-state index in [1.807, 2.05) is 34.6 Å². The fourth-order valence-electron chi connectivity index (χ4n) is 4.92. The second kappa shape index (κ2) is 10.2. The minimum Gasteiger partial charge on any atom is -0.470 e. The smallest absolute Gasteiger partial charge is 0.407 e. The molecule has 0 radical (unpaired) electrons. The molecule has 1 aliphatic heterocycles. The Bertz CT molecular complexity index is 644. The van der Waals surface area contributed by atoms with Gasteiger partial charge in [-0.1, -0.05) is 0 Å². The summed E-state index contributed by atoms with van der Waals surface area (Å²) in [5.41, 5.74) is 0.960. The number of hydrogen-bond acceptors (Lipinski definition) is 5. The Labute approximate surface area is 181 Å². The van der Waals surface area contributed by atoms with Crippen LogP contribution in [0.2, 0.25) is 0 Å². The largest absolute Gasteiger partial charge is 0.470 e. The number of nitrogens with one attached hydrogen (secondary N) is 1. The van der Waals surface area contributed by atoms with Gasteiger partial charge in [0.2, 0.25) is 0 Å². The molecule has 0 bridgehead atoms. The first-order valence-electron chi connectivity index (χ1n) is 11.8. The minimum atomic E-state index is -0.449. The van der Waals surface area contributed by atoms with Gasteiger partial charge in [-0.05, 0) is 97.5 Å². The zero-order valence-corrected chi connectivity index (χ0v) is 19.4. The van der Waals surface area contributed by atoms with Crippen molar-refractivity contribution in [2.75, 3.05) is 6.61 Å². The molecule has 1 amide bonds. The topological polar surface area (TPSA) is 69.2 Å². The molecule has 3 atom stereocenters. The summed E-state index contributed by atoms with van der Waals surface area (Å²) in [6, 6.07) is 0.624. The Morgan fingerprint density at radius 3 is 2.63 bits per heavy atom. The van der Waals surface area contributed by atoms with Crippen LogP contribution in [0.5, 0.6) is 0 Å². The van der Waals surface area contributed by atoms with Crippen molar-refractivity contribution in [2.24, 2.45) is 16.8 Å². The van der Waals surface area contributed by atoms with Crippen molar-refractivity contribution >= 4 is 11.8 Å². The summed E-state index contributed by atoms with van der Waals surface area (Å²) in [5.74, 6) is 2.24. The van der Waals surface area contributed by atoms with Gasteiger partial charge in [-0.15, -0.1) is 0 Å². The molecule has 6 heteroatoms. The number of fused-ring (bicyclic) bond motifs is 1. The number of aliphatic imine (C=N–C) groups is 1. The molecule has 1 N–H and O–H groups in total. The Morgan fingerprint density at radius 2 is 1.97 bits per heavy atom. The van der Waals surface area contributed by atoms with Crippen LogP contribution < -0.4 is 5.32 Å². The molecule has 0 aromatic heterocycles. The normalized spacial score (nSPS) is 30.4. The lowest BCUT2D eigenvalue weighted by molar-refractivity contribution is -0.104. The summed E-state index contributed by atoms with van der Waals surface area (Å²) in [6.07, 6.45) is 10.2. The SMILES string of the molecule is CCOC(C)OC1=CCC2N=C([C@H]3CC[C@@H](NC(=O)OC(C)(C)C)CC3)CC[C@@H]2C1. The molecule has 0 spiro atoms. The highest BCUT2D eigenvalue weighted by atomic mass is 16.7. The van der Waals surface area contributed by atoms with Gasteiger partial charge in [0.05, 0.1) is 11.8 Å². The second-order valence-electron chi connectivity index (χ2n) is 9.93. The molecule has 1 saturated carbocycles. The summed E-state index contributed by atoms with van der Waals surface area (Å²) in [7, 11) is 0. The van der Waals surface area contributed by atoms with Gasteiger partial charge in [0, 0.05) is 24.8 Å². The number of alkyl carbamates (subject to hydrolysis) is 1. The molecule has 0 saturated heterocycles. The summed E-state index contributed by atoms with van der Waals surface area (Å²) >= 11 is 0. The van der Waals surface area contributed by atoms with E-state index < -0.39 is 5.60 Å². The minimum absolute atomic E-state index is 0.176. The number of rotatable bonds is 6. The summed E-state index contributed by atoms with van der Waals surface area (Å²) in [4.78, 5) is 17.2. The summed E-state index contributed by atoms with van der Waals surface area (Å²) in [5, 5.41) is 3.04. The van der Waals surface area contributed by atoms with Gasteiger partial charge in [-0.2, -0.15) is 0 Å². The van der Waals surface area contributed by atoms with Crippen molar-refractivity contribution in [1.82, 2.24) is 5.32 Å². The van der Waals surface area contributed by atoms with Gasteiger partial charge in [0.15, 0.2) is 6.29 Å². The molecule has 30 heavy (non-hydrogen) atoms. The van der Waals surface area contributed by atoms with Crippen LogP contribution in [-0.2, 0) is 14.2 Å². The van der Waals surface area contributed by atoms with Gasteiger partial charge in [0.1, 0.15) is 5.60 Å². The number of carbonyl (C=O) groups excluding carboxylic acids is 1. The predicted molar refractivity (Wildman–Crippen MR) is 119 cm³/mol. The highest BCUT2D eigenvalue weighted by Crippen LogP contribution is 2.37. The van der Waals surface area contributed by atoms with E-state index in [2.05, 4.69) is 11.4 Å². The van der Waals surface area contributed by atoms with Crippen molar-refractivity contribution in [1.29, 1.82) is 0 Å². The number of amides is 1. The van der Waals surface area contributed by atoms with E-state index in [1.54, 1.807) is 0 Å². The lowest BCUT2D eigenvalue weighted by Gasteiger charge is -2.37. The molecule has 0 aromatic rings. The van der Waals surface area contributed by atoms with E-state index in [1.165, 1.54) is 12.1 Å². The molecule has 2 unspecified atom stereocenters. The highest BCUT2D eigenvalue weighted by Gasteiger charge is 2.34. The van der Waals surface area contributed by atoms with E-state index in [0.29, 0.717) is 24.5 Å². The molecule has 1 fully saturated rings. The van der Waals surface area contributed by atoms with Crippen LogP contribution >= 0.6 is 0 Å². The fourth-order valence-corrected chi connectivity index (χ4v) is 4.92. The molecular weight excluding hydrogens is 380 g/mol. The average molecular weight is 421 g/mol. The van der Waals surface area contributed by atoms with Crippen molar-refractivity contribution in [3.63, 3.8) is 0 Å². The standard InChI is InChI=1S/C24H40N2O4/c1-6-28-16(2)29-20-12-14-22-18(15-20)9-13-21(26-22)17-7-10-19(11-8-17)25-23(27)30-24(3,4)5/h12,16-19,22H,6-11,13-15H2,1-5H3,(H,25,27)/t16?,17-,18-,19+,22?/m1/s1. The lowest BCUT2D eigenvalue weighted by Crippen LogP contribution is -2.42. The van der Waals surface area contributed by atoms with Gasteiger partial charge in [-0.25, -0.2) is 4.79 Å². The number of allylic oxidation sites excluding steroid dienone is 1. The molecular formula is C24H40N2O4. The quantitative estimate of drug-likeness (QED) is 0.587. The highest BCUT2D eigenvalue weighted by molar-refractivity contribution is 5.87. The van der Waals surface area contributed by atoms with E-state index in [0.717, 1.165) is 50.7 Å². The second-order valence-corrected chi connectivity index (χ2v) is 9.93. The first kappa shape index (κ1) is 23.1. The zero-order chi connectivity index (χ0) is 21.7. The monoisotopic (exact) mass is 420 g/mol. The first-order valence-corrected chi connectivity index (χ1v) is 11.8. The maximum absolute atomic E-state index is 12.0. The van der Waals surface area contributed by atoms with Crippen molar-refractivity contribution in [3.05, 3.63) is 11.8 Å². The summed E-state index contributed by atoms with van der Waals surface area (Å²) < 4.78 is 16.8. The number of hydrogen-bond donors (Lipinski definition) is 1. The van der Waals surface area contributed by atoms with Crippen LogP contribution in [-0.4, -0.2) is 42.4 Å². The third kappa shape index (κ3) is 6.73. The molecule has 3 rings (SSSR count). The molecule has 170 valence electrons. The Kier molecular flexibility index (Phi) is 7.83. The Morgan fingerprint density at radius 1 is 1.23 bits per heavy atom. The van der Waals surface area contributed by atoms with E-state index in [-0.39, 0.29) is 18.4 Å². The van der Waals surface area contributed by atoms with Crippen LogP contribution in [0.25, 0.3) is 0 Å².